The van der Waals surface area contributed by atoms with E-state index in [0.29, 0.717) is 6.04 Å². The molecule has 64 valence electrons. The molecule has 0 heterocycles. The molecule has 2 heteroatoms. The van der Waals surface area contributed by atoms with Gasteiger partial charge in [0.2, 0.25) is 0 Å². The number of hydrogen-bond acceptors (Lipinski definition) is 2. The molecule has 11 heavy (non-hydrogen) atoms. The molecule has 0 aliphatic carbocycles. The van der Waals surface area contributed by atoms with Crippen molar-refractivity contribution < 1.29 is 0 Å². The third kappa shape index (κ3) is 5.64. The predicted molar refractivity (Wildman–Crippen MR) is 51.1 cm³/mol. The maximum absolute atomic E-state index is 4.37. The fraction of sp³-hybridized carbons (Fsp3) is 0.667. The highest BCUT2D eigenvalue weighted by Gasteiger charge is 1.89. The highest BCUT2D eigenvalue weighted by molar-refractivity contribution is 5.93. The third-order valence-corrected chi connectivity index (χ3v) is 1.28. The summed E-state index contributed by atoms with van der Waals surface area (Å²) in [6, 6.07) is 0.385. The number of nitrogens with zero attached hydrogens (tertiary/aromatic N) is 1. The normalized spacial score (nSPS) is 14.0. The van der Waals surface area contributed by atoms with Gasteiger partial charge in [-0.25, -0.2) is 0 Å². The van der Waals surface area contributed by atoms with E-state index in [0.717, 1.165) is 11.4 Å². The molecule has 0 aromatic carbocycles. The molecular formula is C9H18N2. The van der Waals surface area contributed by atoms with Crippen molar-refractivity contribution in [3.63, 3.8) is 0 Å². The van der Waals surface area contributed by atoms with Crippen molar-refractivity contribution in [3.8, 4) is 0 Å². The zero-order chi connectivity index (χ0) is 8.85. The van der Waals surface area contributed by atoms with Gasteiger partial charge in [-0.15, -0.1) is 0 Å². The quantitative estimate of drug-likeness (QED) is 0.618. The van der Waals surface area contributed by atoms with E-state index >= 15 is 0 Å². The monoisotopic (exact) mass is 154 g/mol. The summed E-state index contributed by atoms with van der Waals surface area (Å²) in [6.45, 7) is 8.19. The van der Waals surface area contributed by atoms with E-state index < -0.39 is 0 Å². The summed E-state index contributed by atoms with van der Waals surface area (Å²) in [6.07, 6.45) is 2.04. The van der Waals surface area contributed by atoms with Gasteiger partial charge in [-0.1, -0.05) is 0 Å². The van der Waals surface area contributed by atoms with Crippen LogP contribution in [0.25, 0.3) is 0 Å². The average molecular weight is 154 g/mol. The minimum absolute atomic E-state index is 0.385. The van der Waals surface area contributed by atoms with Crippen LogP contribution < -0.4 is 5.32 Å². The van der Waals surface area contributed by atoms with Gasteiger partial charge in [-0.05, 0) is 33.8 Å². The molecule has 1 N–H and O–H groups in total. The van der Waals surface area contributed by atoms with Gasteiger partial charge in [0.05, 0.1) is 0 Å². The van der Waals surface area contributed by atoms with Crippen molar-refractivity contribution >= 4 is 5.71 Å². The van der Waals surface area contributed by atoms with E-state index in [1.165, 1.54) is 0 Å². The van der Waals surface area contributed by atoms with E-state index in [4.69, 9.17) is 0 Å². The zero-order valence-electron chi connectivity index (χ0n) is 8.10. The maximum atomic E-state index is 4.37. The summed E-state index contributed by atoms with van der Waals surface area (Å²) in [5.74, 6) is 0. The van der Waals surface area contributed by atoms with E-state index in [9.17, 15) is 0 Å². The first-order chi connectivity index (χ1) is 5.06. The summed E-state index contributed by atoms with van der Waals surface area (Å²) < 4.78 is 0. The Morgan fingerprint density at radius 2 is 1.91 bits per heavy atom. The standard InChI is InChI=1S/C9H18N2/c1-7(2)11-9(4)6-8(3)10-5/h6-7,10H,1-5H3. The Kier molecular flexibility index (Phi) is 4.59. The summed E-state index contributed by atoms with van der Waals surface area (Å²) in [5.41, 5.74) is 2.22. The molecule has 2 nitrogen and oxygen atoms in total. The van der Waals surface area contributed by atoms with E-state index in [2.05, 4.69) is 24.2 Å². The zero-order valence-corrected chi connectivity index (χ0v) is 8.10. The highest BCUT2D eigenvalue weighted by atomic mass is 14.8. The van der Waals surface area contributed by atoms with Crippen LogP contribution in [-0.2, 0) is 0 Å². The second kappa shape index (κ2) is 4.94. The number of allylic oxidation sites excluding steroid dienone is 2. The molecule has 0 amide bonds. The molecule has 0 aromatic heterocycles. The molecule has 0 saturated carbocycles. The van der Waals surface area contributed by atoms with E-state index in [1.54, 1.807) is 0 Å². The van der Waals surface area contributed by atoms with Crippen molar-refractivity contribution in [2.75, 3.05) is 7.05 Å². The lowest BCUT2D eigenvalue weighted by molar-refractivity contribution is 0.835. The largest absolute Gasteiger partial charge is 0.392 e. The van der Waals surface area contributed by atoms with Crippen LogP contribution in [0.2, 0.25) is 0 Å². The van der Waals surface area contributed by atoms with Crippen molar-refractivity contribution in [2.24, 2.45) is 4.99 Å². The lowest BCUT2D eigenvalue weighted by atomic mass is 10.3. The molecular weight excluding hydrogens is 136 g/mol. The van der Waals surface area contributed by atoms with Gasteiger partial charge < -0.3 is 5.32 Å². The molecule has 0 rings (SSSR count). The number of rotatable bonds is 3. The SMILES string of the molecule is CNC(C)=CC(C)=NC(C)C. The Labute approximate surface area is 69.4 Å². The highest BCUT2D eigenvalue weighted by Crippen LogP contribution is 1.92. The molecule has 0 bridgehead atoms. The second-order valence-corrected chi connectivity index (χ2v) is 2.94. The minimum Gasteiger partial charge on any atom is -0.392 e. The first-order valence-corrected chi connectivity index (χ1v) is 3.96. The van der Waals surface area contributed by atoms with Crippen LogP contribution in [0.5, 0.6) is 0 Å². The van der Waals surface area contributed by atoms with Crippen molar-refractivity contribution in [3.05, 3.63) is 11.8 Å². The van der Waals surface area contributed by atoms with Crippen LogP contribution in [0.1, 0.15) is 27.7 Å². The molecule has 0 fully saturated rings. The van der Waals surface area contributed by atoms with Gasteiger partial charge in [0.15, 0.2) is 0 Å². The number of aliphatic imine (C=N–C) groups is 1. The van der Waals surface area contributed by atoms with Crippen molar-refractivity contribution in [1.29, 1.82) is 0 Å². The van der Waals surface area contributed by atoms with Gasteiger partial charge in [0.25, 0.3) is 0 Å². The maximum Gasteiger partial charge on any atom is 0.0446 e. The Hall–Kier alpha value is -0.790. The summed E-state index contributed by atoms with van der Waals surface area (Å²) in [7, 11) is 1.91. The Morgan fingerprint density at radius 1 is 1.36 bits per heavy atom. The van der Waals surface area contributed by atoms with Crippen LogP contribution in [-0.4, -0.2) is 18.8 Å². The molecule has 0 aromatic rings. The average Bonchev–Trinajstić information content (AvgIpc) is 1.85. The summed E-state index contributed by atoms with van der Waals surface area (Å²) in [4.78, 5) is 4.37. The summed E-state index contributed by atoms with van der Waals surface area (Å²) >= 11 is 0. The van der Waals surface area contributed by atoms with Crippen LogP contribution in [0, 0.1) is 0 Å². The molecule has 0 saturated heterocycles. The first kappa shape index (κ1) is 10.2. The molecule has 0 spiro atoms. The summed E-state index contributed by atoms with van der Waals surface area (Å²) in [5, 5.41) is 3.05. The molecule has 0 unspecified atom stereocenters. The topological polar surface area (TPSA) is 24.4 Å². The molecule has 0 aliphatic heterocycles. The van der Waals surface area contributed by atoms with Gasteiger partial charge in [0.1, 0.15) is 0 Å². The smallest absolute Gasteiger partial charge is 0.0446 e. The lowest BCUT2D eigenvalue weighted by Crippen LogP contribution is -2.04. The lowest BCUT2D eigenvalue weighted by Gasteiger charge is -2.00. The first-order valence-electron chi connectivity index (χ1n) is 3.96. The van der Waals surface area contributed by atoms with Gasteiger partial charge in [-0.3, -0.25) is 4.99 Å². The molecule has 0 atom stereocenters. The Bertz CT molecular complexity index is 166. The molecule has 0 radical (unpaired) electrons. The van der Waals surface area contributed by atoms with Crippen LogP contribution in [0.4, 0.5) is 0 Å². The van der Waals surface area contributed by atoms with E-state index in [-0.39, 0.29) is 0 Å². The predicted octanol–water partition coefficient (Wildman–Crippen LogP) is 1.98. The Balaban J connectivity index is 4.15. The van der Waals surface area contributed by atoms with Gasteiger partial charge in [0, 0.05) is 24.5 Å². The van der Waals surface area contributed by atoms with Gasteiger partial charge in [-0.2, -0.15) is 0 Å². The number of nitrogens with one attached hydrogen (secondary N) is 1. The Morgan fingerprint density at radius 3 is 2.27 bits per heavy atom. The van der Waals surface area contributed by atoms with E-state index in [1.807, 2.05) is 27.0 Å². The van der Waals surface area contributed by atoms with Crippen molar-refractivity contribution in [2.45, 2.75) is 33.7 Å². The number of hydrogen-bond donors (Lipinski definition) is 1. The fourth-order valence-electron chi connectivity index (χ4n) is 0.830. The van der Waals surface area contributed by atoms with Crippen LogP contribution >= 0.6 is 0 Å². The second-order valence-electron chi connectivity index (χ2n) is 2.94. The third-order valence-electron chi connectivity index (χ3n) is 1.28. The van der Waals surface area contributed by atoms with Crippen LogP contribution in [0.15, 0.2) is 16.8 Å². The fourth-order valence-corrected chi connectivity index (χ4v) is 0.830. The minimum atomic E-state index is 0.385. The van der Waals surface area contributed by atoms with Crippen molar-refractivity contribution in [1.82, 2.24) is 5.32 Å². The molecule has 0 aliphatic rings. The van der Waals surface area contributed by atoms with Gasteiger partial charge >= 0.3 is 0 Å². The van der Waals surface area contributed by atoms with Crippen LogP contribution in [0.3, 0.4) is 0 Å².